The lowest BCUT2D eigenvalue weighted by atomic mass is 9.69. The lowest BCUT2D eigenvalue weighted by Crippen LogP contribution is -2.48. The van der Waals surface area contributed by atoms with E-state index in [9.17, 15) is 0 Å². The highest BCUT2D eigenvalue weighted by Crippen LogP contribution is 2.66. The SMILES string of the molecule is CC1(C)C2CCC1(C)C(NC1CC[C@H]3C[C@@H]13)C2. The Hall–Kier alpha value is -0.0400. The molecule has 1 heteroatoms. The molecule has 4 unspecified atom stereocenters. The van der Waals surface area contributed by atoms with Gasteiger partial charge in [0.1, 0.15) is 0 Å². The second-order valence-electron chi connectivity index (χ2n) is 8.17. The molecule has 2 bridgehead atoms. The highest BCUT2D eigenvalue weighted by Gasteiger charge is 2.62. The summed E-state index contributed by atoms with van der Waals surface area (Å²) in [7, 11) is 0. The summed E-state index contributed by atoms with van der Waals surface area (Å²) in [5.74, 6) is 3.18. The minimum atomic E-state index is 0.574. The van der Waals surface area contributed by atoms with Gasteiger partial charge in [-0.05, 0) is 67.1 Å². The van der Waals surface area contributed by atoms with E-state index in [4.69, 9.17) is 0 Å². The van der Waals surface area contributed by atoms with Crippen molar-refractivity contribution >= 4 is 0 Å². The first-order valence-corrected chi connectivity index (χ1v) is 7.78. The second-order valence-corrected chi connectivity index (χ2v) is 8.17. The van der Waals surface area contributed by atoms with E-state index in [1.54, 1.807) is 0 Å². The van der Waals surface area contributed by atoms with Gasteiger partial charge in [0.15, 0.2) is 0 Å². The van der Waals surface area contributed by atoms with Gasteiger partial charge in [-0.25, -0.2) is 0 Å². The molecule has 4 aliphatic carbocycles. The number of fused-ring (bicyclic) bond motifs is 3. The van der Waals surface area contributed by atoms with Crippen molar-refractivity contribution in [2.24, 2.45) is 28.6 Å². The van der Waals surface area contributed by atoms with E-state index in [-0.39, 0.29) is 0 Å². The molecule has 0 heterocycles. The molecule has 4 fully saturated rings. The Kier molecular flexibility index (Phi) is 1.98. The van der Waals surface area contributed by atoms with Gasteiger partial charge in [-0.15, -0.1) is 0 Å². The molecular weight excluding hydrogens is 206 g/mol. The predicted molar refractivity (Wildman–Crippen MR) is 70.8 cm³/mol. The first kappa shape index (κ1) is 10.8. The zero-order valence-corrected chi connectivity index (χ0v) is 11.6. The predicted octanol–water partition coefficient (Wildman–Crippen LogP) is 3.59. The number of hydrogen-bond acceptors (Lipinski definition) is 1. The van der Waals surface area contributed by atoms with Crippen molar-refractivity contribution in [2.45, 2.75) is 71.4 Å². The molecule has 0 aromatic carbocycles. The largest absolute Gasteiger partial charge is 0.310 e. The molecule has 96 valence electrons. The van der Waals surface area contributed by atoms with Crippen LogP contribution in [-0.2, 0) is 0 Å². The Morgan fingerprint density at radius 3 is 2.29 bits per heavy atom. The van der Waals surface area contributed by atoms with Crippen molar-refractivity contribution in [2.75, 3.05) is 0 Å². The second kappa shape index (κ2) is 3.10. The molecule has 4 aliphatic rings. The summed E-state index contributed by atoms with van der Waals surface area (Å²) in [6.07, 6.45) is 8.92. The summed E-state index contributed by atoms with van der Waals surface area (Å²) in [5.41, 5.74) is 1.15. The average Bonchev–Trinajstić information content (AvgIpc) is 2.86. The Morgan fingerprint density at radius 2 is 1.82 bits per heavy atom. The smallest absolute Gasteiger partial charge is 0.0132 e. The number of nitrogens with one attached hydrogen (secondary N) is 1. The van der Waals surface area contributed by atoms with Crippen LogP contribution in [-0.4, -0.2) is 12.1 Å². The van der Waals surface area contributed by atoms with E-state index in [0.29, 0.717) is 10.8 Å². The first-order chi connectivity index (χ1) is 8.02. The summed E-state index contributed by atoms with van der Waals surface area (Å²) in [4.78, 5) is 0. The minimum Gasteiger partial charge on any atom is -0.310 e. The summed E-state index contributed by atoms with van der Waals surface area (Å²) < 4.78 is 0. The molecule has 0 radical (unpaired) electrons. The van der Waals surface area contributed by atoms with Crippen LogP contribution >= 0.6 is 0 Å². The van der Waals surface area contributed by atoms with E-state index in [1.807, 2.05) is 0 Å². The van der Waals surface area contributed by atoms with E-state index in [2.05, 4.69) is 26.1 Å². The van der Waals surface area contributed by atoms with Gasteiger partial charge >= 0.3 is 0 Å². The van der Waals surface area contributed by atoms with Crippen LogP contribution in [0.3, 0.4) is 0 Å². The Balaban J connectivity index is 1.52. The molecule has 0 spiro atoms. The summed E-state index contributed by atoms with van der Waals surface area (Å²) >= 11 is 0. The van der Waals surface area contributed by atoms with Crippen molar-refractivity contribution < 1.29 is 0 Å². The van der Waals surface area contributed by atoms with E-state index >= 15 is 0 Å². The minimum absolute atomic E-state index is 0.574. The first-order valence-electron chi connectivity index (χ1n) is 7.78. The quantitative estimate of drug-likeness (QED) is 0.768. The van der Waals surface area contributed by atoms with Crippen LogP contribution in [0.25, 0.3) is 0 Å². The number of hydrogen-bond donors (Lipinski definition) is 1. The topological polar surface area (TPSA) is 12.0 Å². The lowest BCUT2D eigenvalue weighted by Gasteiger charge is -2.41. The molecule has 1 nitrogen and oxygen atoms in total. The normalized spacial score (nSPS) is 58.4. The molecule has 1 N–H and O–H groups in total. The summed E-state index contributed by atoms with van der Waals surface area (Å²) in [5, 5.41) is 4.10. The van der Waals surface area contributed by atoms with Crippen LogP contribution in [0, 0.1) is 28.6 Å². The maximum absolute atomic E-state index is 4.10. The van der Waals surface area contributed by atoms with Gasteiger partial charge in [0, 0.05) is 12.1 Å². The fourth-order valence-electron chi connectivity index (χ4n) is 5.62. The van der Waals surface area contributed by atoms with E-state index in [0.717, 1.165) is 29.8 Å². The molecule has 0 saturated heterocycles. The lowest BCUT2D eigenvalue weighted by molar-refractivity contribution is 0.114. The van der Waals surface area contributed by atoms with Gasteiger partial charge in [0.05, 0.1) is 0 Å². The third-order valence-corrected chi connectivity index (χ3v) is 7.55. The highest BCUT2D eigenvalue weighted by molar-refractivity contribution is 5.14. The van der Waals surface area contributed by atoms with Gasteiger partial charge in [-0.2, -0.15) is 0 Å². The van der Waals surface area contributed by atoms with Crippen LogP contribution in [0.5, 0.6) is 0 Å². The van der Waals surface area contributed by atoms with Crippen molar-refractivity contribution in [3.63, 3.8) is 0 Å². The zero-order chi connectivity index (χ0) is 11.8. The Bertz CT molecular complexity index is 347. The van der Waals surface area contributed by atoms with E-state index in [1.165, 1.54) is 38.5 Å². The molecule has 4 saturated carbocycles. The molecule has 0 aliphatic heterocycles. The highest BCUT2D eigenvalue weighted by atomic mass is 15.0. The third kappa shape index (κ3) is 1.25. The standard InChI is InChI=1S/C16H27N/c1-15(2)11-6-7-16(15,3)14(9-11)17-13-5-4-10-8-12(10)13/h10-14,17H,4-9H2,1-3H3/t10-,11?,12+,13?,14?,16?/m0/s1. The Labute approximate surface area is 106 Å². The van der Waals surface area contributed by atoms with Crippen LogP contribution in [0.2, 0.25) is 0 Å². The van der Waals surface area contributed by atoms with Crippen LogP contribution in [0.4, 0.5) is 0 Å². The van der Waals surface area contributed by atoms with Crippen molar-refractivity contribution in [3.05, 3.63) is 0 Å². The van der Waals surface area contributed by atoms with Crippen molar-refractivity contribution in [1.29, 1.82) is 0 Å². The van der Waals surface area contributed by atoms with Crippen molar-refractivity contribution in [3.8, 4) is 0 Å². The fourth-order valence-corrected chi connectivity index (χ4v) is 5.62. The van der Waals surface area contributed by atoms with Crippen molar-refractivity contribution in [1.82, 2.24) is 5.32 Å². The van der Waals surface area contributed by atoms with Gasteiger partial charge in [0.2, 0.25) is 0 Å². The zero-order valence-electron chi connectivity index (χ0n) is 11.6. The molecule has 4 rings (SSSR count). The summed E-state index contributed by atoms with van der Waals surface area (Å²) in [6.45, 7) is 7.62. The third-order valence-electron chi connectivity index (χ3n) is 7.55. The molecular formula is C16H27N. The van der Waals surface area contributed by atoms with Gasteiger partial charge in [-0.3, -0.25) is 0 Å². The maximum Gasteiger partial charge on any atom is 0.0132 e. The van der Waals surface area contributed by atoms with Crippen LogP contribution in [0.1, 0.15) is 59.3 Å². The van der Waals surface area contributed by atoms with Gasteiger partial charge < -0.3 is 5.32 Å². The summed E-state index contributed by atoms with van der Waals surface area (Å²) in [6, 6.07) is 1.71. The maximum atomic E-state index is 4.10. The molecule has 6 atom stereocenters. The van der Waals surface area contributed by atoms with Gasteiger partial charge in [-0.1, -0.05) is 20.8 Å². The molecule has 0 amide bonds. The van der Waals surface area contributed by atoms with Crippen LogP contribution < -0.4 is 5.32 Å². The van der Waals surface area contributed by atoms with Crippen LogP contribution in [0.15, 0.2) is 0 Å². The van der Waals surface area contributed by atoms with Gasteiger partial charge in [0.25, 0.3) is 0 Å². The average molecular weight is 233 g/mol. The fraction of sp³-hybridized carbons (Fsp3) is 1.00. The van der Waals surface area contributed by atoms with E-state index < -0.39 is 0 Å². The molecule has 0 aromatic rings. The Morgan fingerprint density at radius 1 is 1.00 bits per heavy atom. The monoisotopic (exact) mass is 233 g/mol. The number of rotatable bonds is 2. The molecule has 0 aromatic heterocycles. The molecule has 17 heavy (non-hydrogen) atoms.